The fraction of sp³-hybridized carbons (Fsp3) is 1.00. The van der Waals surface area contributed by atoms with E-state index in [1.54, 1.807) is 0 Å². The molecule has 1 rings (SSSR count). The topological polar surface area (TPSA) is 41.9 Å². The third-order valence-corrected chi connectivity index (χ3v) is 2.40. The van der Waals surface area contributed by atoms with Crippen LogP contribution >= 0.6 is 0 Å². The average molecular weight is 257 g/mol. The molecule has 17 heavy (non-hydrogen) atoms. The Labute approximate surface area is 98.3 Å². The minimum absolute atomic E-state index is 0.00618. The first-order valence-corrected chi connectivity index (χ1v) is 5.64. The Morgan fingerprint density at radius 3 is 2.35 bits per heavy atom. The second kappa shape index (κ2) is 7.15. The molecule has 1 aliphatic heterocycles. The molecule has 1 N–H and O–H groups in total. The zero-order valence-electron chi connectivity index (χ0n) is 9.58. The Morgan fingerprint density at radius 1 is 1.18 bits per heavy atom. The van der Waals surface area contributed by atoms with Crippen LogP contribution in [0.5, 0.6) is 0 Å². The lowest BCUT2D eigenvalue weighted by Gasteiger charge is -2.27. The molecule has 0 saturated carbocycles. The number of hydrogen-bond acceptors (Lipinski definition) is 4. The number of alkyl halides is 3. The highest BCUT2D eigenvalue weighted by Crippen LogP contribution is 2.17. The Bertz CT molecular complexity index is 207. The van der Waals surface area contributed by atoms with Crippen molar-refractivity contribution in [1.29, 1.82) is 0 Å². The minimum Gasteiger partial charge on any atom is -0.395 e. The van der Waals surface area contributed by atoms with Crippen LogP contribution in [0.25, 0.3) is 0 Å². The SMILES string of the molecule is OCCN(CCC1OCCCO1)CC(F)(F)F. The molecule has 4 nitrogen and oxygen atoms in total. The molecule has 1 heterocycles. The normalized spacial score (nSPS) is 18.9. The predicted octanol–water partition coefficient (Wildman–Crippen LogP) is 0.996. The van der Waals surface area contributed by atoms with E-state index in [2.05, 4.69) is 0 Å². The first kappa shape index (κ1) is 14.7. The van der Waals surface area contributed by atoms with E-state index in [0.29, 0.717) is 19.6 Å². The first-order valence-electron chi connectivity index (χ1n) is 5.64. The van der Waals surface area contributed by atoms with E-state index in [1.165, 1.54) is 0 Å². The Hall–Kier alpha value is -0.370. The summed E-state index contributed by atoms with van der Waals surface area (Å²) in [4.78, 5) is 1.15. The van der Waals surface area contributed by atoms with Crippen LogP contribution in [0.15, 0.2) is 0 Å². The largest absolute Gasteiger partial charge is 0.401 e. The van der Waals surface area contributed by atoms with Gasteiger partial charge in [-0.15, -0.1) is 0 Å². The molecule has 0 atom stereocenters. The quantitative estimate of drug-likeness (QED) is 0.770. The molecule has 1 aliphatic rings. The zero-order chi connectivity index (χ0) is 12.7. The zero-order valence-corrected chi connectivity index (χ0v) is 9.58. The van der Waals surface area contributed by atoms with Crippen LogP contribution < -0.4 is 0 Å². The maximum absolute atomic E-state index is 12.2. The second-order valence-corrected chi connectivity index (χ2v) is 3.93. The molecule has 0 bridgehead atoms. The van der Waals surface area contributed by atoms with Gasteiger partial charge in [0.15, 0.2) is 6.29 Å². The van der Waals surface area contributed by atoms with Gasteiger partial charge in [-0.05, 0) is 6.42 Å². The highest BCUT2D eigenvalue weighted by molar-refractivity contribution is 4.65. The van der Waals surface area contributed by atoms with Crippen LogP contribution in [-0.2, 0) is 9.47 Å². The highest BCUT2D eigenvalue weighted by Gasteiger charge is 2.30. The van der Waals surface area contributed by atoms with Gasteiger partial charge in [-0.2, -0.15) is 13.2 Å². The summed E-state index contributed by atoms with van der Waals surface area (Å²) in [5.41, 5.74) is 0. The molecule has 0 radical (unpaired) electrons. The molecule has 0 unspecified atom stereocenters. The molecule has 1 saturated heterocycles. The molecule has 0 aliphatic carbocycles. The number of rotatable bonds is 6. The van der Waals surface area contributed by atoms with Gasteiger partial charge in [-0.3, -0.25) is 4.90 Å². The summed E-state index contributed by atoms with van der Waals surface area (Å²) in [6.07, 6.45) is -3.46. The van der Waals surface area contributed by atoms with Gasteiger partial charge in [-0.25, -0.2) is 0 Å². The molecule has 1 fully saturated rings. The smallest absolute Gasteiger partial charge is 0.395 e. The van der Waals surface area contributed by atoms with Gasteiger partial charge in [0.25, 0.3) is 0 Å². The van der Waals surface area contributed by atoms with Crippen LogP contribution in [-0.4, -0.2) is 61.9 Å². The third-order valence-electron chi connectivity index (χ3n) is 2.40. The number of aliphatic hydroxyl groups is 1. The van der Waals surface area contributed by atoms with Crippen molar-refractivity contribution in [2.24, 2.45) is 0 Å². The van der Waals surface area contributed by atoms with Crippen molar-refractivity contribution in [3.05, 3.63) is 0 Å². The molecular weight excluding hydrogens is 239 g/mol. The molecular formula is C10H18F3NO3. The maximum Gasteiger partial charge on any atom is 0.401 e. The Balaban J connectivity index is 2.27. The number of aliphatic hydroxyl groups excluding tert-OH is 1. The molecule has 0 amide bonds. The van der Waals surface area contributed by atoms with Gasteiger partial charge in [0.05, 0.1) is 26.4 Å². The van der Waals surface area contributed by atoms with Crippen molar-refractivity contribution < 1.29 is 27.8 Å². The van der Waals surface area contributed by atoms with Crippen LogP contribution in [0.1, 0.15) is 12.8 Å². The maximum atomic E-state index is 12.2. The summed E-state index contributed by atoms with van der Waals surface area (Å²) >= 11 is 0. The lowest BCUT2D eigenvalue weighted by Crippen LogP contribution is -2.39. The first-order chi connectivity index (χ1) is 8.01. The summed E-state index contributed by atoms with van der Waals surface area (Å²) in [5.74, 6) is 0. The lowest BCUT2D eigenvalue weighted by molar-refractivity contribution is -0.187. The van der Waals surface area contributed by atoms with Crippen molar-refractivity contribution in [1.82, 2.24) is 4.90 Å². The van der Waals surface area contributed by atoms with Gasteiger partial charge in [-0.1, -0.05) is 0 Å². The summed E-state index contributed by atoms with van der Waals surface area (Å²) < 4.78 is 47.1. The monoisotopic (exact) mass is 257 g/mol. The molecule has 0 aromatic carbocycles. The molecule has 0 spiro atoms. The van der Waals surface area contributed by atoms with Crippen molar-refractivity contribution >= 4 is 0 Å². The van der Waals surface area contributed by atoms with Crippen molar-refractivity contribution in [3.8, 4) is 0 Å². The second-order valence-electron chi connectivity index (χ2n) is 3.93. The molecule has 0 aromatic heterocycles. The van der Waals surface area contributed by atoms with Gasteiger partial charge in [0, 0.05) is 19.5 Å². The van der Waals surface area contributed by atoms with Gasteiger partial charge in [0.1, 0.15) is 0 Å². The summed E-state index contributed by atoms with van der Waals surface area (Å²) in [5, 5.41) is 8.70. The van der Waals surface area contributed by atoms with E-state index in [-0.39, 0.29) is 19.7 Å². The van der Waals surface area contributed by atoms with E-state index in [0.717, 1.165) is 11.3 Å². The standard InChI is InChI=1S/C10H18F3NO3/c11-10(12,13)8-14(4-5-15)3-2-9-16-6-1-7-17-9/h9,15H,1-8H2. The summed E-state index contributed by atoms with van der Waals surface area (Å²) in [6, 6.07) is 0. The van der Waals surface area contributed by atoms with Crippen LogP contribution in [0.3, 0.4) is 0 Å². The lowest BCUT2D eigenvalue weighted by atomic mass is 10.3. The Kier molecular flexibility index (Phi) is 6.18. The highest BCUT2D eigenvalue weighted by atomic mass is 19.4. The summed E-state index contributed by atoms with van der Waals surface area (Å²) in [7, 11) is 0. The van der Waals surface area contributed by atoms with Gasteiger partial charge < -0.3 is 14.6 Å². The summed E-state index contributed by atoms with van der Waals surface area (Å²) in [6.45, 7) is 0.0770. The Morgan fingerprint density at radius 2 is 1.82 bits per heavy atom. The van der Waals surface area contributed by atoms with Gasteiger partial charge in [0.2, 0.25) is 0 Å². The number of ether oxygens (including phenoxy) is 2. The fourth-order valence-corrected chi connectivity index (χ4v) is 1.66. The van der Waals surface area contributed by atoms with E-state index in [4.69, 9.17) is 14.6 Å². The van der Waals surface area contributed by atoms with Gasteiger partial charge >= 0.3 is 6.18 Å². The fourth-order valence-electron chi connectivity index (χ4n) is 1.66. The van der Waals surface area contributed by atoms with Crippen molar-refractivity contribution in [2.75, 3.05) is 39.5 Å². The number of nitrogens with zero attached hydrogens (tertiary/aromatic N) is 1. The number of hydrogen-bond donors (Lipinski definition) is 1. The van der Waals surface area contributed by atoms with Crippen LogP contribution in [0, 0.1) is 0 Å². The van der Waals surface area contributed by atoms with Crippen molar-refractivity contribution in [3.63, 3.8) is 0 Å². The number of halogens is 3. The molecule has 102 valence electrons. The molecule has 0 aromatic rings. The average Bonchev–Trinajstić information content (AvgIpc) is 2.26. The van der Waals surface area contributed by atoms with E-state index in [9.17, 15) is 13.2 Å². The van der Waals surface area contributed by atoms with E-state index < -0.39 is 19.0 Å². The van der Waals surface area contributed by atoms with Crippen LogP contribution in [0.2, 0.25) is 0 Å². The van der Waals surface area contributed by atoms with Crippen molar-refractivity contribution in [2.45, 2.75) is 25.3 Å². The van der Waals surface area contributed by atoms with E-state index >= 15 is 0 Å². The predicted molar refractivity (Wildman–Crippen MR) is 54.5 cm³/mol. The van der Waals surface area contributed by atoms with E-state index in [1.807, 2.05) is 0 Å². The molecule has 7 heteroatoms. The third kappa shape index (κ3) is 6.82. The van der Waals surface area contributed by atoms with Crippen LogP contribution in [0.4, 0.5) is 13.2 Å². The minimum atomic E-state index is -4.25.